The van der Waals surface area contributed by atoms with Crippen LogP contribution in [0.3, 0.4) is 0 Å². The van der Waals surface area contributed by atoms with E-state index >= 15 is 0 Å². The number of halogens is 1. The summed E-state index contributed by atoms with van der Waals surface area (Å²) in [5.41, 5.74) is 2.32. The van der Waals surface area contributed by atoms with E-state index in [1.165, 1.54) is 11.0 Å². The summed E-state index contributed by atoms with van der Waals surface area (Å²) in [6.45, 7) is 6.99. The van der Waals surface area contributed by atoms with Crippen molar-refractivity contribution >= 4 is 22.5 Å². The van der Waals surface area contributed by atoms with Crippen LogP contribution in [0.25, 0.3) is 10.9 Å². The zero-order valence-corrected chi connectivity index (χ0v) is 9.59. The molecule has 1 aromatic heterocycles. The molecule has 1 aromatic carbocycles. The van der Waals surface area contributed by atoms with Crippen molar-refractivity contribution in [3.63, 3.8) is 0 Å². The quantitative estimate of drug-likeness (QED) is 0.680. The van der Waals surface area contributed by atoms with E-state index in [0.29, 0.717) is 0 Å². The molecule has 0 saturated heterocycles. The lowest BCUT2D eigenvalue weighted by molar-refractivity contribution is 0.790. The van der Waals surface area contributed by atoms with E-state index in [-0.39, 0.29) is 0 Å². The minimum atomic E-state index is 0.807. The van der Waals surface area contributed by atoms with Crippen molar-refractivity contribution < 1.29 is 0 Å². The summed E-state index contributed by atoms with van der Waals surface area (Å²) >= 11 is 6.18. The third kappa shape index (κ3) is 1.93. The Morgan fingerprint density at radius 2 is 2.20 bits per heavy atom. The Bertz CT molecular complexity index is 496. The number of para-hydroxylation sites is 1. The maximum absolute atomic E-state index is 6.18. The number of hydrogen-bond acceptors (Lipinski definition) is 0. The molecular formula is C13H14ClN. The van der Waals surface area contributed by atoms with Gasteiger partial charge in [-0.05, 0) is 18.6 Å². The molecule has 0 aliphatic heterocycles. The minimum Gasteiger partial charge on any atom is -0.342 e. The molecule has 0 amide bonds. The number of aromatic nitrogens is 1. The van der Waals surface area contributed by atoms with Gasteiger partial charge >= 0.3 is 0 Å². The van der Waals surface area contributed by atoms with Gasteiger partial charge in [0, 0.05) is 18.1 Å². The summed E-state index contributed by atoms with van der Waals surface area (Å²) in [4.78, 5) is 0. The van der Waals surface area contributed by atoms with E-state index in [0.717, 1.165) is 23.5 Å². The van der Waals surface area contributed by atoms with Crippen LogP contribution in [-0.4, -0.2) is 4.57 Å². The van der Waals surface area contributed by atoms with Gasteiger partial charge in [0.25, 0.3) is 0 Å². The minimum absolute atomic E-state index is 0.807. The number of hydrogen-bond donors (Lipinski definition) is 0. The predicted octanol–water partition coefficient (Wildman–Crippen LogP) is 4.26. The summed E-state index contributed by atoms with van der Waals surface area (Å²) in [7, 11) is 0. The van der Waals surface area contributed by atoms with Crippen molar-refractivity contribution in [3.05, 3.63) is 47.6 Å². The second-order valence-corrected chi connectivity index (χ2v) is 4.13. The van der Waals surface area contributed by atoms with Crippen LogP contribution in [0.1, 0.15) is 13.3 Å². The average Bonchev–Trinajstić information content (AvgIpc) is 2.63. The van der Waals surface area contributed by atoms with Gasteiger partial charge < -0.3 is 4.57 Å². The van der Waals surface area contributed by atoms with E-state index in [1.54, 1.807) is 0 Å². The van der Waals surface area contributed by atoms with Crippen molar-refractivity contribution in [1.29, 1.82) is 0 Å². The number of nitrogens with zero attached hydrogens (tertiary/aromatic N) is 1. The van der Waals surface area contributed by atoms with E-state index in [2.05, 4.69) is 36.4 Å². The van der Waals surface area contributed by atoms with Gasteiger partial charge in [-0.25, -0.2) is 0 Å². The number of rotatable bonds is 3. The fraction of sp³-hybridized carbons (Fsp3) is 0.231. The Morgan fingerprint density at radius 1 is 1.40 bits per heavy atom. The maximum Gasteiger partial charge on any atom is 0.0672 e. The largest absolute Gasteiger partial charge is 0.342 e. The Morgan fingerprint density at radius 3 is 2.93 bits per heavy atom. The topological polar surface area (TPSA) is 4.93 Å². The zero-order valence-electron chi connectivity index (χ0n) is 8.83. The van der Waals surface area contributed by atoms with E-state index in [4.69, 9.17) is 11.6 Å². The highest BCUT2D eigenvalue weighted by Gasteiger charge is 2.04. The van der Waals surface area contributed by atoms with Gasteiger partial charge in [-0.3, -0.25) is 0 Å². The number of benzene rings is 1. The summed E-state index contributed by atoms with van der Waals surface area (Å²) in [6.07, 6.45) is 3.07. The Balaban J connectivity index is 2.48. The van der Waals surface area contributed by atoms with Crippen LogP contribution >= 0.6 is 11.6 Å². The molecule has 0 unspecified atom stereocenters. The average molecular weight is 220 g/mol. The molecule has 2 heteroatoms. The van der Waals surface area contributed by atoms with Crippen LogP contribution in [0.15, 0.2) is 42.6 Å². The summed E-state index contributed by atoms with van der Waals surface area (Å²) in [5, 5.41) is 1.99. The lowest BCUT2D eigenvalue weighted by atomic mass is 10.2. The molecule has 15 heavy (non-hydrogen) atoms. The van der Waals surface area contributed by atoms with Gasteiger partial charge in [-0.15, -0.1) is 0 Å². The maximum atomic E-state index is 6.18. The van der Waals surface area contributed by atoms with Gasteiger partial charge in [0.05, 0.1) is 10.5 Å². The first-order valence-corrected chi connectivity index (χ1v) is 5.50. The predicted molar refractivity (Wildman–Crippen MR) is 66.4 cm³/mol. The Hall–Kier alpha value is -1.21. The van der Waals surface area contributed by atoms with Crippen molar-refractivity contribution in [2.75, 3.05) is 0 Å². The second-order valence-electron chi connectivity index (χ2n) is 3.72. The van der Waals surface area contributed by atoms with Crippen LogP contribution in [0, 0.1) is 0 Å². The Kier molecular flexibility index (Phi) is 2.83. The zero-order chi connectivity index (χ0) is 10.8. The van der Waals surface area contributed by atoms with Gasteiger partial charge in [-0.2, -0.15) is 0 Å². The van der Waals surface area contributed by atoms with Crippen LogP contribution in [-0.2, 0) is 6.54 Å². The van der Waals surface area contributed by atoms with Crippen molar-refractivity contribution in [3.8, 4) is 0 Å². The fourth-order valence-electron chi connectivity index (χ4n) is 1.70. The fourth-order valence-corrected chi connectivity index (χ4v) is 1.99. The SMILES string of the molecule is C=C(CC)Cn1ccc2cccc(Cl)c21. The molecule has 2 rings (SSSR count). The lowest BCUT2D eigenvalue weighted by Gasteiger charge is -2.07. The highest BCUT2D eigenvalue weighted by molar-refractivity contribution is 6.35. The van der Waals surface area contributed by atoms with Gasteiger partial charge in [0.2, 0.25) is 0 Å². The van der Waals surface area contributed by atoms with E-state index < -0.39 is 0 Å². The summed E-state index contributed by atoms with van der Waals surface area (Å²) in [5.74, 6) is 0. The monoisotopic (exact) mass is 219 g/mol. The van der Waals surface area contributed by atoms with Gasteiger partial charge in [0.1, 0.15) is 0 Å². The molecule has 0 spiro atoms. The Labute approximate surface area is 95.0 Å². The molecule has 78 valence electrons. The molecule has 0 fully saturated rings. The van der Waals surface area contributed by atoms with Crippen molar-refractivity contribution in [2.24, 2.45) is 0 Å². The second kappa shape index (κ2) is 4.11. The van der Waals surface area contributed by atoms with Crippen molar-refractivity contribution in [1.82, 2.24) is 4.57 Å². The first-order valence-electron chi connectivity index (χ1n) is 5.12. The van der Waals surface area contributed by atoms with E-state index in [9.17, 15) is 0 Å². The highest BCUT2D eigenvalue weighted by Crippen LogP contribution is 2.25. The highest BCUT2D eigenvalue weighted by atomic mass is 35.5. The van der Waals surface area contributed by atoms with Crippen LogP contribution < -0.4 is 0 Å². The molecule has 0 bridgehead atoms. The third-order valence-electron chi connectivity index (χ3n) is 2.63. The molecule has 0 saturated carbocycles. The number of allylic oxidation sites excluding steroid dienone is 1. The molecule has 0 N–H and O–H groups in total. The molecule has 0 aliphatic rings. The standard InChI is InChI=1S/C13H14ClN/c1-3-10(2)9-15-8-7-11-5-4-6-12(14)13(11)15/h4-8H,2-3,9H2,1H3. The van der Waals surface area contributed by atoms with Crippen LogP contribution in [0.2, 0.25) is 5.02 Å². The van der Waals surface area contributed by atoms with Crippen LogP contribution in [0.4, 0.5) is 0 Å². The molecule has 0 radical (unpaired) electrons. The summed E-state index contributed by atoms with van der Waals surface area (Å²) in [6, 6.07) is 8.06. The molecule has 1 nitrogen and oxygen atoms in total. The molecule has 2 aromatic rings. The first-order chi connectivity index (χ1) is 7.22. The smallest absolute Gasteiger partial charge is 0.0672 e. The molecular weight excluding hydrogens is 206 g/mol. The van der Waals surface area contributed by atoms with Gasteiger partial charge in [0.15, 0.2) is 0 Å². The van der Waals surface area contributed by atoms with Crippen molar-refractivity contribution in [2.45, 2.75) is 19.9 Å². The normalized spacial score (nSPS) is 10.8. The first kappa shape index (κ1) is 10.3. The summed E-state index contributed by atoms with van der Waals surface area (Å²) < 4.78 is 2.16. The van der Waals surface area contributed by atoms with Crippen LogP contribution in [0.5, 0.6) is 0 Å². The molecule has 1 heterocycles. The van der Waals surface area contributed by atoms with Gasteiger partial charge in [-0.1, -0.05) is 42.8 Å². The molecule has 0 atom stereocenters. The molecule has 0 aliphatic carbocycles. The van der Waals surface area contributed by atoms with E-state index in [1.807, 2.05) is 12.1 Å². The number of fused-ring (bicyclic) bond motifs is 1. The lowest BCUT2D eigenvalue weighted by Crippen LogP contribution is -1.98. The third-order valence-corrected chi connectivity index (χ3v) is 2.94.